The number of benzene rings is 3. The van der Waals surface area contributed by atoms with Crippen LogP contribution >= 0.6 is 22.6 Å². The van der Waals surface area contributed by atoms with Gasteiger partial charge in [-0.05, 0) is 94.3 Å². The third kappa shape index (κ3) is 6.58. The maximum absolute atomic E-state index is 14.0. The molecule has 0 spiro atoms. The predicted molar refractivity (Wildman–Crippen MR) is 175 cm³/mol. The van der Waals surface area contributed by atoms with E-state index < -0.39 is 8.07 Å². The fraction of sp³-hybridized carbons (Fsp3) is 0.441. The summed E-state index contributed by atoms with van der Waals surface area (Å²) in [6.07, 6.45) is 2.87. The molecule has 5 nitrogen and oxygen atoms in total. The summed E-state index contributed by atoms with van der Waals surface area (Å²) in [5.41, 5.74) is 4.01. The number of rotatable bonds is 9. The van der Waals surface area contributed by atoms with E-state index in [9.17, 15) is 9.90 Å². The molecule has 1 N–H and O–H groups in total. The Kier molecular flexibility index (Phi) is 9.58. The van der Waals surface area contributed by atoms with Crippen molar-refractivity contribution in [1.29, 1.82) is 0 Å². The number of carbonyl (C=O) groups excluding carboxylic acids is 1. The number of aliphatic hydroxyl groups excluding tert-OH is 1. The summed E-state index contributed by atoms with van der Waals surface area (Å²) in [6, 6.07) is 25.3. The molecule has 0 aromatic heterocycles. The molecule has 1 fully saturated rings. The van der Waals surface area contributed by atoms with Crippen LogP contribution in [0.1, 0.15) is 36.5 Å². The van der Waals surface area contributed by atoms with E-state index in [0.29, 0.717) is 25.3 Å². The Morgan fingerprint density at radius 2 is 1.78 bits per heavy atom. The summed E-state index contributed by atoms with van der Waals surface area (Å²) < 4.78 is 13.6. The summed E-state index contributed by atoms with van der Waals surface area (Å²) in [6.45, 7) is 7.69. The summed E-state index contributed by atoms with van der Waals surface area (Å²) in [5, 5.41) is 11.6. The third-order valence-electron chi connectivity index (χ3n) is 9.44. The van der Waals surface area contributed by atoms with E-state index in [-0.39, 0.29) is 36.3 Å². The summed E-state index contributed by atoms with van der Waals surface area (Å²) >= 11 is 2.37. The zero-order valence-corrected chi connectivity index (χ0v) is 27.7. The van der Waals surface area contributed by atoms with Gasteiger partial charge in [0.25, 0.3) is 0 Å². The number of carbonyl (C=O) groups is 1. The molecule has 218 valence electrons. The number of ether oxygens (including phenoxy) is 2. The molecule has 2 heterocycles. The van der Waals surface area contributed by atoms with Gasteiger partial charge in [-0.15, -0.1) is 0 Å². The third-order valence-corrected chi connectivity index (χ3v) is 14.5. The van der Waals surface area contributed by atoms with Crippen molar-refractivity contribution in [1.82, 2.24) is 4.90 Å². The van der Waals surface area contributed by atoms with Crippen molar-refractivity contribution in [3.63, 3.8) is 0 Å². The van der Waals surface area contributed by atoms with E-state index in [2.05, 4.69) is 103 Å². The molecule has 0 radical (unpaired) electrons. The Morgan fingerprint density at radius 1 is 1.05 bits per heavy atom. The van der Waals surface area contributed by atoms with Crippen molar-refractivity contribution in [2.45, 2.75) is 76.0 Å². The van der Waals surface area contributed by atoms with Gasteiger partial charge in [0.2, 0.25) is 5.91 Å². The van der Waals surface area contributed by atoms with Crippen molar-refractivity contribution in [2.24, 2.45) is 5.92 Å². The van der Waals surface area contributed by atoms with Gasteiger partial charge >= 0.3 is 0 Å². The van der Waals surface area contributed by atoms with Crippen molar-refractivity contribution in [3.8, 4) is 5.75 Å². The summed E-state index contributed by atoms with van der Waals surface area (Å²) in [5.74, 6) is 1.27. The second kappa shape index (κ2) is 13.0. The van der Waals surface area contributed by atoms with Gasteiger partial charge in [0.15, 0.2) is 0 Å². The lowest BCUT2D eigenvalue weighted by atomic mass is 9.93. The standard InChI is InChI=1S/C34H42INO4Si/c1-23-31(17-12-24-8-7-11-27(35)18-24)40-32(34(23)41(3,4)30-15-13-29(39-2)14-16-30)20-33(38)36-21-26-10-6-5-9-25(26)19-28(36)22-37/h5-11,13-16,18,23,28,31-32,34,37H,12,17,19-22H2,1-4H3/t23-,28+,31+,32-,34+/m1/s1. The molecule has 2 aliphatic rings. The van der Waals surface area contributed by atoms with E-state index in [1.165, 1.54) is 25.4 Å². The van der Waals surface area contributed by atoms with Crippen molar-refractivity contribution >= 4 is 41.8 Å². The maximum Gasteiger partial charge on any atom is 0.225 e. The molecule has 0 bridgehead atoms. The number of aliphatic hydroxyl groups is 1. The SMILES string of the molecule is COc1ccc([Si](C)(C)[C@H]2[C@H](C)[C@H](CCc3cccc(I)c3)O[C@@H]2CC(=O)N2Cc3ccccc3C[C@H]2CO)cc1. The topological polar surface area (TPSA) is 59.0 Å². The van der Waals surface area contributed by atoms with Crippen LogP contribution in [0, 0.1) is 9.49 Å². The second-order valence-corrected chi connectivity index (χ2v) is 18.2. The Bertz CT molecular complexity index is 1350. The van der Waals surface area contributed by atoms with Crippen molar-refractivity contribution in [2.75, 3.05) is 13.7 Å². The minimum atomic E-state index is -2.07. The predicted octanol–water partition coefficient (Wildman–Crippen LogP) is 5.96. The Balaban J connectivity index is 1.40. The fourth-order valence-electron chi connectivity index (χ4n) is 7.18. The number of halogens is 1. The van der Waals surface area contributed by atoms with Gasteiger partial charge < -0.3 is 19.5 Å². The lowest BCUT2D eigenvalue weighted by Gasteiger charge is -2.39. The lowest BCUT2D eigenvalue weighted by Crippen LogP contribution is -2.52. The molecule has 0 unspecified atom stereocenters. The molecule has 5 atom stereocenters. The highest BCUT2D eigenvalue weighted by atomic mass is 127. The van der Waals surface area contributed by atoms with Gasteiger partial charge in [0.05, 0.1) is 46.5 Å². The molecule has 1 amide bonds. The van der Waals surface area contributed by atoms with E-state index in [1.807, 2.05) is 17.0 Å². The Hall–Kier alpha value is -2.20. The highest BCUT2D eigenvalue weighted by molar-refractivity contribution is 14.1. The zero-order valence-electron chi connectivity index (χ0n) is 24.6. The van der Waals surface area contributed by atoms with Gasteiger partial charge in [-0.3, -0.25) is 4.79 Å². The molecule has 0 saturated carbocycles. The maximum atomic E-state index is 14.0. The number of hydrogen-bond donors (Lipinski definition) is 1. The first kappa shape index (κ1) is 30.3. The van der Waals surface area contributed by atoms with Crippen LogP contribution in [0.5, 0.6) is 5.75 Å². The van der Waals surface area contributed by atoms with Crippen LogP contribution in [0.2, 0.25) is 18.6 Å². The van der Waals surface area contributed by atoms with Crippen LogP contribution in [0.3, 0.4) is 0 Å². The number of hydrogen-bond acceptors (Lipinski definition) is 4. The number of nitrogens with zero attached hydrogens (tertiary/aromatic N) is 1. The molecule has 2 aliphatic heterocycles. The highest BCUT2D eigenvalue weighted by Gasteiger charge is 2.51. The molecular weight excluding hydrogens is 641 g/mol. The molecule has 3 aromatic carbocycles. The van der Waals surface area contributed by atoms with Crippen LogP contribution < -0.4 is 9.92 Å². The molecule has 41 heavy (non-hydrogen) atoms. The van der Waals surface area contributed by atoms with Gasteiger partial charge in [-0.25, -0.2) is 0 Å². The molecule has 3 aromatic rings. The van der Waals surface area contributed by atoms with Gasteiger partial charge in [-0.1, -0.05) is 73.7 Å². The molecular formula is C34H42INO4Si. The smallest absolute Gasteiger partial charge is 0.225 e. The van der Waals surface area contributed by atoms with Crippen LogP contribution in [0.15, 0.2) is 72.8 Å². The molecule has 7 heteroatoms. The number of amides is 1. The quantitative estimate of drug-likeness (QED) is 0.224. The van der Waals surface area contributed by atoms with Crippen molar-refractivity contribution in [3.05, 3.63) is 93.1 Å². The molecule has 5 rings (SSSR count). The van der Waals surface area contributed by atoms with E-state index in [0.717, 1.165) is 18.6 Å². The number of fused-ring (bicyclic) bond motifs is 1. The highest BCUT2D eigenvalue weighted by Crippen LogP contribution is 2.46. The largest absolute Gasteiger partial charge is 0.497 e. The first-order valence-corrected chi connectivity index (χ1v) is 18.9. The zero-order chi connectivity index (χ0) is 29.1. The first-order chi connectivity index (χ1) is 19.7. The lowest BCUT2D eigenvalue weighted by molar-refractivity contribution is -0.138. The van der Waals surface area contributed by atoms with Gasteiger partial charge in [0.1, 0.15) is 5.75 Å². The molecule has 1 saturated heterocycles. The minimum Gasteiger partial charge on any atom is -0.497 e. The van der Waals surface area contributed by atoms with E-state index in [1.54, 1.807) is 7.11 Å². The average molecular weight is 684 g/mol. The summed E-state index contributed by atoms with van der Waals surface area (Å²) in [4.78, 5) is 15.9. The van der Waals surface area contributed by atoms with Gasteiger partial charge in [0, 0.05) is 10.1 Å². The first-order valence-electron chi connectivity index (χ1n) is 14.7. The van der Waals surface area contributed by atoms with Crippen LogP contribution in [-0.2, 0) is 28.9 Å². The van der Waals surface area contributed by atoms with E-state index in [4.69, 9.17) is 9.47 Å². The van der Waals surface area contributed by atoms with Crippen molar-refractivity contribution < 1.29 is 19.4 Å². The van der Waals surface area contributed by atoms with Gasteiger partial charge in [-0.2, -0.15) is 0 Å². The Morgan fingerprint density at radius 3 is 2.46 bits per heavy atom. The number of methoxy groups -OCH3 is 1. The normalized spacial score (nSPS) is 24.2. The monoisotopic (exact) mass is 683 g/mol. The van der Waals surface area contributed by atoms with E-state index >= 15 is 0 Å². The summed E-state index contributed by atoms with van der Waals surface area (Å²) in [7, 11) is -0.371. The fourth-order valence-corrected chi connectivity index (χ4v) is 11.9. The van der Waals surface area contributed by atoms with Crippen LogP contribution in [0.25, 0.3) is 0 Å². The number of aryl methyl sites for hydroxylation is 1. The second-order valence-electron chi connectivity index (χ2n) is 12.3. The van der Waals surface area contributed by atoms with Crippen LogP contribution in [-0.4, -0.2) is 56.0 Å². The molecule has 0 aliphatic carbocycles. The minimum absolute atomic E-state index is 0.0317. The Labute approximate surface area is 259 Å². The average Bonchev–Trinajstić information content (AvgIpc) is 3.30. The van der Waals surface area contributed by atoms with Crippen LogP contribution in [0.4, 0.5) is 0 Å².